The van der Waals surface area contributed by atoms with Gasteiger partial charge < -0.3 is 0 Å². The van der Waals surface area contributed by atoms with Crippen LogP contribution in [0.2, 0.25) is 0 Å². The first-order valence-electron chi connectivity index (χ1n) is 13.5. The Morgan fingerprint density at radius 3 is 1.76 bits per heavy atom. The number of ether oxygens (including phenoxy) is 1. The summed E-state index contributed by atoms with van der Waals surface area (Å²) < 4.78 is 125. The zero-order chi connectivity index (χ0) is 29.9. The third kappa shape index (κ3) is 7.64. The van der Waals surface area contributed by atoms with Gasteiger partial charge in [-0.05, 0) is 96.9 Å². The highest BCUT2D eigenvalue weighted by Gasteiger charge is 2.49. The number of hydrogen-bond acceptors (Lipinski definition) is 1. The Bertz CT molecular complexity index is 1290. The summed E-state index contributed by atoms with van der Waals surface area (Å²) in [4.78, 5) is 0. The van der Waals surface area contributed by atoms with E-state index in [1.165, 1.54) is 31.2 Å². The molecular formula is C31H29F9O. The van der Waals surface area contributed by atoms with Crippen LogP contribution in [0.25, 0.3) is 11.1 Å². The summed E-state index contributed by atoms with van der Waals surface area (Å²) in [6.07, 6.45) is -3.32. The fraction of sp³-hybridized carbons (Fsp3) is 0.419. The van der Waals surface area contributed by atoms with Gasteiger partial charge in [-0.1, -0.05) is 44.0 Å². The van der Waals surface area contributed by atoms with Gasteiger partial charge in [0, 0.05) is 0 Å². The zero-order valence-corrected chi connectivity index (χ0v) is 22.2. The molecule has 1 fully saturated rings. The van der Waals surface area contributed by atoms with Gasteiger partial charge >= 0.3 is 12.5 Å². The topological polar surface area (TPSA) is 9.23 Å². The van der Waals surface area contributed by atoms with E-state index in [1.54, 1.807) is 0 Å². The fourth-order valence-corrected chi connectivity index (χ4v) is 5.68. The second-order valence-corrected chi connectivity index (χ2v) is 10.6. The second-order valence-electron chi connectivity index (χ2n) is 10.6. The summed E-state index contributed by atoms with van der Waals surface area (Å²) in [7, 11) is 0. The fourth-order valence-electron chi connectivity index (χ4n) is 5.68. The van der Waals surface area contributed by atoms with Crippen LogP contribution in [0.5, 0.6) is 0 Å². The number of aryl methyl sites for hydroxylation is 2. The third-order valence-corrected chi connectivity index (χ3v) is 7.66. The number of halogens is 9. The molecule has 1 nitrogen and oxygen atoms in total. The van der Waals surface area contributed by atoms with Crippen molar-refractivity contribution < 1.29 is 44.3 Å². The molecule has 0 saturated heterocycles. The predicted octanol–water partition coefficient (Wildman–Crippen LogP) is 10.4. The quantitative estimate of drug-likeness (QED) is 0.226. The van der Waals surface area contributed by atoms with E-state index in [0.29, 0.717) is 12.3 Å². The van der Waals surface area contributed by atoms with Crippen LogP contribution in [-0.4, -0.2) is 6.36 Å². The van der Waals surface area contributed by atoms with Crippen LogP contribution in [0.1, 0.15) is 73.6 Å². The third-order valence-electron chi connectivity index (χ3n) is 7.66. The van der Waals surface area contributed by atoms with Crippen molar-refractivity contribution in [3.8, 4) is 11.1 Å². The van der Waals surface area contributed by atoms with Crippen molar-refractivity contribution in [2.75, 3.05) is 0 Å². The van der Waals surface area contributed by atoms with Gasteiger partial charge in [0.05, 0.1) is 5.56 Å². The maximum absolute atomic E-state index is 14.9. The average Bonchev–Trinajstić information content (AvgIpc) is 2.86. The summed E-state index contributed by atoms with van der Waals surface area (Å²) in [6, 6.07) is 10.3. The molecule has 0 radical (unpaired) electrons. The van der Waals surface area contributed by atoms with Crippen molar-refractivity contribution in [1.29, 1.82) is 0 Å². The minimum Gasteiger partial charge on any atom is -0.222 e. The Morgan fingerprint density at radius 2 is 1.24 bits per heavy atom. The molecule has 0 amide bonds. The molecule has 3 aromatic rings. The Hall–Kier alpha value is -3.01. The van der Waals surface area contributed by atoms with E-state index in [4.69, 9.17) is 0 Å². The molecule has 10 heteroatoms. The van der Waals surface area contributed by atoms with Gasteiger partial charge in [0.25, 0.3) is 0 Å². The van der Waals surface area contributed by atoms with Crippen molar-refractivity contribution in [1.82, 2.24) is 0 Å². The van der Waals surface area contributed by atoms with Gasteiger partial charge in [-0.25, -0.2) is 22.3 Å². The highest BCUT2D eigenvalue weighted by molar-refractivity contribution is 5.66. The molecule has 4 rings (SSSR count). The number of hydrogen-bond donors (Lipinski definition) is 0. The molecule has 0 aromatic heterocycles. The minimum atomic E-state index is -5.90. The predicted molar refractivity (Wildman–Crippen MR) is 136 cm³/mol. The lowest BCUT2D eigenvalue weighted by atomic mass is 9.77. The van der Waals surface area contributed by atoms with E-state index in [1.807, 2.05) is 12.1 Å². The van der Waals surface area contributed by atoms with Crippen LogP contribution in [0.15, 0.2) is 48.5 Å². The van der Waals surface area contributed by atoms with E-state index >= 15 is 0 Å². The van der Waals surface area contributed by atoms with Gasteiger partial charge in [-0.2, -0.15) is 8.78 Å². The van der Waals surface area contributed by atoms with Crippen molar-refractivity contribution in [3.63, 3.8) is 0 Å². The van der Waals surface area contributed by atoms with Crippen LogP contribution in [0.3, 0.4) is 0 Å². The molecule has 222 valence electrons. The summed E-state index contributed by atoms with van der Waals surface area (Å²) in [5, 5.41) is 0. The Kier molecular flexibility index (Phi) is 9.41. The molecule has 0 unspecified atom stereocenters. The van der Waals surface area contributed by atoms with Crippen LogP contribution >= 0.6 is 0 Å². The highest BCUT2D eigenvalue weighted by atomic mass is 19.4. The first-order chi connectivity index (χ1) is 19.3. The van der Waals surface area contributed by atoms with Crippen molar-refractivity contribution in [2.45, 2.75) is 76.7 Å². The smallest absolute Gasteiger partial charge is 0.222 e. The molecule has 0 spiro atoms. The van der Waals surface area contributed by atoms with E-state index in [0.717, 1.165) is 36.5 Å². The van der Waals surface area contributed by atoms with E-state index in [2.05, 4.69) is 23.8 Å². The molecule has 3 aromatic carbocycles. The number of benzene rings is 3. The summed E-state index contributed by atoms with van der Waals surface area (Å²) >= 11 is 0. The monoisotopic (exact) mass is 588 g/mol. The second kappa shape index (κ2) is 12.5. The van der Waals surface area contributed by atoms with E-state index in [-0.39, 0.29) is 24.1 Å². The van der Waals surface area contributed by atoms with Crippen LogP contribution in [0.4, 0.5) is 39.5 Å². The largest absolute Gasteiger partial charge is 0.527 e. The van der Waals surface area contributed by atoms with Gasteiger partial charge in [0.2, 0.25) is 0 Å². The SMILES string of the molecule is CCCC1CCC(c2ccc(CCc3cc(F)c(-c4cc(F)c(C(F)(F)OC(F)(F)F)c(F)c4)c(F)c3)cc2)CC1. The van der Waals surface area contributed by atoms with Gasteiger partial charge in [0.15, 0.2) is 0 Å². The first-order valence-corrected chi connectivity index (χ1v) is 13.5. The highest BCUT2D eigenvalue weighted by Crippen LogP contribution is 2.41. The molecule has 0 aliphatic heterocycles. The Balaban J connectivity index is 1.45. The van der Waals surface area contributed by atoms with Gasteiger partial charge in [-0.3, -0.25) is 0 Å². The lowest BCUT2D eigenvalue weighted by Crippen LogP contribution is -2.29. The average molecular weight is 589 g/mol. The van der Waals surface area contributed by atoms with Crippen LogP contribution < -0.4 is 0 Å². The molecule has 0 bridgehead atoms. The van der Waals surface area contributed by atoms with Gasteiger partial charge in [-0.15, -0.1) is 13.2 Å². The molecule has 0 heterocycles. The molecule has 1 saturated carbocycles. The van der Waals surface area contributed by atoms with Crippen molar-refractivity contribution in [2.24, 2.45) is 5.92 Å². The lowest BCUT2D eigenvalue weighted by molar-refractivity contribution is -0.432. The van der Waals surface area contributed by atoms with Crippen molar-refractivity contribution >= 4 is 0 Å². The summed E-state index contributed by atoms with van der Waals surface area (Å²) in [5.41, 5.74) is -1.54. The Labute approximate surface area is 232 Å². The van der Waals surface area contributed by atoms with Gasteiger partial charge in [0.1, 0.15) is 28.8 Å². The zero-order valence-electron chi connectivity index (χ0n) is 22.2. The molecule has 0 atom stereocenters. The number of rotatable bonds is 9. The minimum absolute atomic E-state index is 0.130. The standard InChI is InChI=1S/C31H29F9O/c1-2-3-18-6-10-21(11-7-18)22-12-8-19(9-13-22)4-5-20-14-24(32)28(25(33)15-20)23-16-26(34)29(27(35)17-23)30(36,37)41-31(38,39)40/h8-9,12-18,21H,2-7,10-11H2,1H3. The van der Waals surface area contributed by atoms with E-state index < -0.39 is 52.4 Å². The first kappa shape index (κ1) is 30.9. The van der Waals surface area contributed by atoms with E-state index in [9.17, 15) is 39.5 Å². The van der Waals surface area contributed by atoms with Crippen LogP contribution in [0, 0.1) is 29.2 Å². The van der Waals surface area contributed by atoms with Crippen molar-refractivity contribution in [3.05, 3.63) is 94.1 Å². The Morgan fingerprint density at radius 1 is 0.707 bits per heavy atom. The molecular weight excluding hydrogens is 559 g/mol. The molecule has 41 heavy (non-hydrogen) atoms. The molecule has 1 aliphatic rings. The molecule has 1 aliphatic carbocycles. The summed E-state index contributed by atoms with van der Waals surface area (Å²) in [5.74, 6) is -5.40. The summed E-state index contributed by atoms with van der Waals surface area (Å²) in [6.45, 7) is 2.21. The van der Waals surface area contributed by atoms with Crippen LogP contribution in [-0.2, 0) is 23.7 Å². The normalized spacial score (nSPS) is 18.1. The lowest BCUT2D eigenvalue weighted by Gasteiger charge is -2.28. The number of alkyl halides is 5. The molecule has 0 N–H and O–H groups in total. The maximum atomic E-state index is 14.9. The maximum Gasteiger partial charge on any atom is 0.527 e.